The maximum Gasteiger partial charge on any atom is 0.250 e. The van der Waals surface area contributed by atoms with Gasteiger partial charge in [-0.2, -0.15) is 0 Å². The van der Waals surface area contributed by atoms with Crippen LogP contribution < -0.4 is 5.56 Å². The smallest absolute Gasteiger partial charge is 0.250 e. The second-order valence-electron chi connectivity index (χ2n) is 6.56. The molecule has 3 rings (SSSR count). The van der Waals surface area contributed by atoms with E-state index >= 15 is 0 Å². The molecule has 3 heterocycles. The molecule has 0 unspecified atom stereocenters. The van der Waals surface area contributed by atoms with Crippen LogP contribution in [-0.2, 0) is 16.1 Å². The number of pyridine rings is 1. The summed E-state index contributed by atoms with van der Waals surface area (Å²) in [5, 5.41) is 0. The second-order valence-corrected chi connectivity index (χ2v) is 6.56. The summed E-state index contributed by atoms with van der Waals surface area (Å²) in [4.78, 5) is 28.6. The molecular weight excluding hydrogens is 294 g/mol. The van der Waals surface area contributed by atoms with Gasteiger partial charge in [0.25, 0.3) is 5.56 Å². The first-order chi connectivity index (χ1) is 11.1. The van der Waals surface area contributed by atoms with E-state index < -0.39 is 0 Å². The number of nitrogens with zero attached hydrogens (tertiary/aromatic N) is 3. The molecule has 2 fully saturated rings. The summed E-state index contributed by atoms with van der Waals surface area (Å²) >= 11 is 0. The fourth-order valence-corrected chi connectivity index (χ4v) is 3.59. The number of amides is 1. The van der Waals surface area contributed by atoms with Crippen LogP contribution in [0.25, 0.3) is 0 Å². The quantitative estimate of drug-likeness (QED) is 0.817. The highest BCUT2D eigenvalue weighted by Crippen LogP contribution is 2.30. The zero-order chi connectivity index (χ0) is 16.3. The molecule has 1 aromatic heterocycles. The Hall–Kier alpha value is -1.66. The van der Waals surface area contributed by atoms with E-state index in [1.54, 1.807) is 16.8 Å². The monoisotopic (exact) mass is 319 g/mol. The number of hydrogen-bond donors (Lipinski definition) is 0. The minimum atomic E-state index is -0.0559. The second kappa shape index (κ2) is 6.84. The summed E-state index contributed by atoms with van der Waals surface area (Å²) in [6, 6.07) is 5.06. The molecule has 0 N–H and O–H groups in total. The van der Waals surface area contributed by atoms with Crippen LogP contribution in [0.15, 0.2) is 29.2 Å². The molecule has 0 aliphatic carbocycles. The molecule has 2 saturated heterocycles. The Morgan fingerprint density at radius 3 is 2.78 bits per heavy atom. The van der Waals surface area contributed by atoms with E-state index in [0.29, 0.717) is 13.0 Å². The molecule has 0 aromatic carbocycles. The standard InChI is InChI=1S/C17H25N3O3/c1-18-10-11-20(14-17(18)6-12-23-13-7-17)16(22)5-9-19-8-3-2-4-15(19)21/h2-4,8H,5-7,9-14H2,1H3. The number of hydrogen-bond acceptors (Lipinski definition) is 4. The summed E-state index contributed by atoms with van der Waals surface area (Å²) in [6.45, 7) is 4.42. The van der Waals surface area contributed by atoms with E-state index in [1.165, 1.54) is 6.07 Å². The molecule has 23 heavy (non-hydrogen) atoms. The number of ether oxygens (including phenoxy) is 1. The Balaban J connectivity index is 1.61. The summed E-state index contributed by atoms with van der Waals surface area (Å²) in [5.41, 5.74) is 0.00928. The SMILES string of the molecule is CN1CCN(C(=O)CCn2ccccc2=O)CC12CCOCC2. The van der Waals surface area contributed by atoms with Crippen molar-refractivity contribution in [1.82, 2.24) is 14.4 Å². The molecule has 2 aliphatic heterocycles. The van der Waals surface area contributed by atoms with Gasteiger partial charge in [0, 0.05) is 63.6 Å². The van der Waals surface area contributed by atoms with Gasteiger partial charge in [0.1, 0.15) is 0 Å². The Morgan fingerprint density at radius 2 is 2.04 bits per heavy atom. The van der Waals surface area contributed by atoms with Crippen molar-refractivity contribution >= 4 is 5.91 Å². The maximum atomic E-state index is 12.6. The van der Waals surface area contributed by atoms with Crippen molar-refractivity contribution < 1.29 is 9.53 Å². The molecule has 0 radical (unpaired) electrons. The first-order valence-electron chi connectivity index (χ1n) is 8.33. The van der Waals surface area contributed by atoms with E-state index in [-0.39, 0.29) is 17.0 Å². The summed E-state index contributed by atoms with van der Waals surface area (Å²) in [7, 11) is 2.15. The van der Waals surface area contributed by atoms with Gasteiger partial charge in [-0.15, -0.1) is 0 Å². The Labute approximate surface area is 136 Å². The van der Waals surface area contributed by atoms with E-state index in [0.717, 1.165) is 45.7 Å². The average Bonchev–Trinajstić information content (AvgIpc) is 2.57. The molecule has 0 saturated carbocycles. The normalized spacial score (nSPS) is 21.5. The molecule has 2 aliphatic rings. The molecule has 6 nitrogen and oxygen atoms in total. The minimum Gasteiger partial charge on any atom is -0.381 e. The number of aryl methyl sites for hydroxylation is 1. The van der Waals surface area contributed by atoms with Gasteiger partial charge in [-0.25, -0.2) is 0 Å². The predicted molar refractivity (Wildman–Crippen MR) is 87.3 cm³/mol. The third-order valence-electron chi connectivity index (χ3n) is 5.24. The van der Waals surface area contributed by atoms with Crippen molar-refractivity contribution in [2.45, 2.75) is 31.3 Å². The minimum absolute atomic E-state index is 0.0559. The molecule has 1 amide bonds. The summed E-state index contributed by atoms with van der Waals surface area (Å²) < 4.78 is 7.09. The van der Waals surface area contributed by atoms with Crippen molar-refractivity contribution in [1.29, 1.82) is 0 Å². The van der Waals surface area contributed by atoms with Crippen molar-refractivity contribution in [3.05, 3.63) is 34.7 Å². The van der Waals surface area contributed by atoms with Gasteiger partial charge in [-0.05, 0) is 26.0 Å². The van der Waals surface area contributed by atoms with Gasteiger partial charge in [0.2, 0.25) is 5.91 Å². The van der Waals surface area contributed by atoms with Crippen molar-refractivity contribution in [3.8, 4) is 0 Å². The highest BCUT2D eigenvalue weighted by atomic mass is 16.5. The molecule has 0 atom stereocenters. The van der Waals surface area contributed by atoms with Crippen molar-refractivity contribution in [3.63, 3.8) is 0 Å². The molecule has 1 spiro atoms. The average molecular weight is 319 g/mol. The maximum absolute atomic E-state index is 12.6. The van der Waals surface area contributed by atoms with Gasteiger partial charge in [-0.3, -0.25) is 14.5 Å². The van der Waals surface area contributed by atoms with E-state index in [9.17, 15) is 9.59 Å². The largest absolute Gasteiger partial charge is 0.381 e. The molecule has 1 aromatic rings. The van der Waals surface area contributed by atoms with Gasteiger partial charge >= 0.3 is 0 Å². The number of rotatable bonds is 3. The zero-order valence-corrected chi connectivity index (χ0v) is 13.7. The Kier molecular flexibility index (Phi) is 4.82. The lowest BCUT2D eigenvalue weighted by molar-refractivity contribution is -0.140. The number of carbonyl (C=O) groups excluding carboxylic acids is 1. The lowest BCUT2D eigenvalue weighted by Crippen LogP contribution is -2.63. The van der Waals surface area contributed by atoms with Crippen LogP contribution in [0.5, 0.6) is 0 Å². The fourth-order valence-electron chi connectivity index (χ4n) is 3.59. The van der Waals surface area contributed by atoms with E-state index in [1.807, 2.05) is 11.0 Å². The molecule has 0 bridgehead atoms. The molecular formula is C17H25N3O3. The van der Waals surface area contributed by atoms with Gasteiger partial charge in [-0.1, -0.05) is 6.07 Å². The van der Waals surface area contributed by atoms with Gasteiger partial charge in [0.15, 0.2) is 0 Å². The first kappa shape index (κ1) is 16.2. The molecule has 126 valence electrons. The van der Waals surface area contributed by atoms with Crippen molar-refractivity contribution in [2.75, 3.05) is 39.9 Å². The van der Waals surface area contributed by atoms with Crippen LogP contribution in [0.4, 0.5) is 0 Å². The van der Waals surface area contributed by atoms with Crippen LogP contribution in [0.3, 0.4) is 0 Å². The number of carbonyl (C=O) groups is 1. The van der Waals surface area contributed by atoms with Gasteiger partial charge in [0.05, 0.1) is 0 Å². The van der Waals surface area contributed by atoms with Crippen LogP contribution in [0.1, 0.15) is 19.3 Å². The Morgan fingerprint density at radius 1 is 1.26 bits per heavy atom. The lowest BCUT2D eigenvalue weighted by Gasteiger charge is -2.51. The van der Waals surface area contributed by atoms with Crippen LogP contribution in [0, 0.1) is 0 Å². The van der Waals surface area contributed by atoms with Crippen LogP contribution >= 0.6 is 0 Å². The highest BCUT2D eigenvalue weighted by Gasteiger charge is 2.41. The lowest BCUT2D eigenvalue weighted by atomic mass is 9.86. The fraction of sp³-hybridized carbons (Fsp3) is 0.647. The number of likely N-dealkylation sites (N-methyl/N-ethyl adjacent to an activating group) is 1. The topological polar surface area (TPSA) is 54.8 Å². The number of piperazine rings is 1. The zero-order valence-electron chi connectivity index (χ0n) is 13.7. The highest BCUT2D eigenvalue weighted by molar-refractivity contribution is 5.76. The van der Waals surface area contributed by atoms with Crippen molar-refractivity contribution in [2.24, 2.45) is 0 Å². The van der Waals surface area contributed by atoms with Gasteiger partial charge < -0.3 is 14.2 Å². The third kappa shape index (κ3) is 3.48. The van der Waals surface area contributed by atoms with E-state index in [4.69, 9.17) is 4.74 Å². The number of aromatic nitrogens is 1. The predicted octanol–water partition coefficient (Wildman–Crippen LogP) is 0.562. The first-order valence-corrected chi connectivity index (χ1v) is 8.33. The Bertz CT molecular complexity index is 607. The summed E-state index contributed by atoms with van der Waals surface area (Å²) in [5.74, 6) is 0.139. The third-order valence-corrected chi connectivity index (χ3v) is 5.24. The van der Waals surface area contributed by atoms with Crippen LogP contribution in [0.2, 0.25) is 0 Å². The summed E-state index contributed by atoms with van der Waals surface area (Å²) in [6.07, 6.45) is 4.07. The molecule has 6 heteroatoms. The van der Waals surface area contributed by atoms with E-state index in [2.05, 4.69) is 11.9 Å². The van der Waals surface area contributed by atoms with Crippen LogP contribution in [-0.4, -0.2) is 65.7 Å².